The van der Waals surface area contributed by atoms with Crippen LogP contribution in [0.15, 0.2) is 76.5 Å². The number of fused-ring (bicyclic) bond motifs is 2. The number of carbonyl (C=O) groups excluding carboxylic acids is 2. The minimum absolute atomic E-state index is 0.0504. The highest BCUT2D eigenvalue weighted by atomic mass is 32.2. The molecule has 0 saturated carbocycles. The highest BCUT2D eigenvalue weighted by Gasteiger charge is 2.35. The topological polar surface area (TPSA) is 102 Å². The molecule has 35 heavy (non-hydrogen) atoms. The van der Waals surface area contributed by atoms with Crippen molar-refractivity contribution < 1.29 is 22.7 Å². The lowest BCUT2D eigenvalue weighted by Crippen LogP contribution is -2.21. The molecule has 4 aromatic rings. The summed E-state index contributed by atoms with van der Waals surface area (Å²) in [6.45, 7) is 4.41. The Morgan fingerprint density at radius 1 is 1.00 bits per heavy atom. The summed E-state index contributed by atoms with van der Waals surface area (Å²) in [5.41, 5.74) is 1.94. The van der Waals surface area contributed by atoms with Crippen LogP contribution in [0, 0.1) is 6.92 Å². The number of nitrogens with one attached hydrogen (secondary N) is 1. The second-order valence-corrected chi connectivity index (χ2v) is 11.0. The van der Waals surface area contributed by atoms with Crippen LogP contribution in [0.25, 0.3) is 11.3 Å². The van der Waals surface area contributed by atoms with Crippen molar-refractivity contribution in [1.82, 2.24) is 4.98 Å². The van der Waals surface area contributed by atoms with Crippen LogP contribution in [0.2, 0.25) is 0 Å². The molecule has 1 amide bonds. The molecule has 2 heterocycles. The normalized spacial score (nSPS) is 13.6. The maximum Gasteiger partial charge on any atom is 0.257 e. The van der Waals surface area contributed by atoms with Crippen LogP contribution in [0.3, 0.4) is 0 Å². The molecule has 1 aliphatic heterocycles. The number of benzene rings is 3. The number of carbonyl (C=O) groups is 2. The summed E-state index contributed by atoms with van der Waals surface area (Å²) in [6, 6.07) is 17.7. The SMILES string of the molecule is CCOc1ccc(-c2nc(NC(=O)c3ccc4c(c3)S(=O)(=O)c3ccccc3C4=O)sc2C)cc1. The van der Waals surface area contributed by atoms with Crippen LogP contribution < -0.4 is 10.1 Å². The van der Waals surface area contributed by atoms with E-state index in [-0.39, 0.29) is 32.3 Å². The molecule has 0 unspecified atom stereocenters. The number of rotatable bonds is 5. The molecule has 0 spiro atoms. The summed E-state index contributed by atoms with van der Waals surface area (Å²) in [4.78, 5) is 31.0. The molecule has 0 atom stereocenters. The summed E-state index contributed by atoms with van der Waals surface area (Å²) >= 11 is 1.32. The number of hydrogen-bond acceptors (Lipinski definition) is 7. The zero-order valence-electron chi connectivity index (χ0n) is 18.9. The highest BCUT2D eigenvalue weighted by molar-refractivity contribution is 7.91. The average Bonchev–Trinajstić information content (AvgIpc) is 3.23. The van der Waals surface area contributed by atoms with Crippen molar-refractivity contribution in [1.29, 1.82) is 0 Å². The third-order valence-electron chi connectivity index (χ3n) is 5.65. The Balaban J connectivity index is 1.42. The van der Waals surface area contributed by atoms with Gasteiger partial charge < -0.3 is 4.74 Å². The van der Waals surface area contributed by atoms with E-state index < -0.39 is 15.7 Å². The number of ether oxygens (including phenoxy) is 1. The van der Waals surface area contributed by atoms with Crippen LogP contribution in [-0.2, 0) is 9.84 Å². The molecule has 5 rings (SSSR count). The highest BCUT2D eigenvalue weighted by Crippen LogP contribution is 2.35. The van der Waals surface area contributed by atoms with Gasteiger partial charge in [0.25, 0.3) is 5.91 Å². The Hall–Kier alpha value is -3.82. The van der Waals surface area contributed by atoms with Crippen molar-refractivity contribution in [3.63, 3.8) is 0 Å². The molecular formula is C26H20N2O5S2. The molecule has 1 N–H and O–H groups in total. The van der Waals surface area contributed by atoms with E-state index in [1.165, 1.54) is 41.7 Å². The fraction of sp³-hybridized carbons (Fsp3) is 0.115. The van der Waals surface area contributed by atoms with E-state index in [4.69, 9.17) is 4.74 Å². The molecule has 3 aromatic carbocycles. The molecule has 0 fully saturated rings. The number of amides is 1. The van der Waals surface area contributed by atoms with Gasteiger partial charge >= 0.3 is 0 Å². The third kappa shape index (κ3) is 4.02. The van der Waals surface area contributed by atoms with E-state index in [9.17, 15) is 18.0 Å². The molecule has 9 heteroatoms. The maximum atomic E-state index is 13.1. The van der Waals surface area contributed by atoms with Gasteiger partial charge in [0.15, 0.2) is 10.9 Å². The standard InChI is InChI=1S/C26H20N2O5S2/c1-3-33-18-11-8-16(9-12-18)23-15(2)34-26(27-23)28-25(30)17-10-13-20-22(14-17)35(31,32)21-7-5-4-6-19(21)24(20)29/h4-14H,3H2,1-2H3,(H,27,28,30). The first-order chi connectivity index (χ1) is 16.8. The number of sulfone groups is 1. The number of nitrogens with zero attached hydrogens (tertiary/aromatic N) is 1. The van der Waals surface area contributed by atoms with E-state index in [1.807, 2.05) is 38.1 Å². The van der Waals surface area contributed by atoms with E-state index in [0.29, 0.717) is 11.7 Å². The number of thiazole rings is 1. The summed E-state index contributed by atoms with van der Waals surface area (Å²) < 4.78 is 31.8. The Bertz CT molecular complexity index is 1590. The lowest BCUT2D eigenvalue weighted by atomic mass is 10.0. The van der Waals surface area contributed by atoms with Crippen LogP contribution >= 0.6 is 11.3 Å². The van der Waals surface area contributed by atoms with Gasteiger partial charge in [-0.3, -0.25) is 14.9 Å². The van der Waals surface area contributed by atoms with Crippen LogP contribution in [0.5, 0.6) is 5.75 Å². The Morgan fingerprint density at radius 2 is 1.71 bits per heavy atom. The van der Waals surface area contributed by atoms with Crippen molar-refractivity contribution in [2.45, 2.75) is 23.6 Å². The Kier molecular flexibility index (Phi) is 5.74. The van der Waals surface area contributed by atoms with Crippen molar-refractivity contribution >= 4 is 38.0 Å². The van der Waals surface area contributed by atoms with E-state index in [1.54, 1.807) is 12.1 Å². The second-order valence-electron chi connectivity index (χ2n) is 7.87. The van der Waals surface area contributed by atoms with Crippen molar-refractivity contribution in [2.24, 2.45) is 0 Å². The first-order valence-corrected chi connectivity index (χ1v) is 13.1. The predicted octanol–water partition coefficient (Wildman–Crippen LogP) is 5.15. The van der Waals surface area contributed by atoms with Crippen molar-refractivity contribution in [3.05, 3.63) is 88.3 Å². The Morgan fingerprint density at radius 3 is 2.46 bits per heavy atom. The number of hydrogen-bond donors (Lipinski definition) is 1. The van der Waals surface area contributed by atoms with E-state index in [0.717, 1.165) is 21.9 Å². The lowest BCUT2D eigenvalue weighted by Gasteiger charge is -2.19. The summed E-state index contributed by atoms with van der Waals surface area (Å²) in [6.07, 6.45) is 0. The quantitative estimate of drug-likeness (QED) is 0.355. The van der Waals surface area contributed by atoms with Crippen molar-refractivity contribution in [2.75, 3.05) is 11.9 Å². The number of anilines is 1. The monoisotopic (exact) mass is 504 g/mol. The van der Waals surface area contributed by atoms with Gasteiger partial charge in [-0.15, -0.1) is 11.3 Å². The summed E-state index contributed by atoms with van der Waals surface area (Å²) in [7, 11) is -3.93. The van der Waals surface area contributed by atoms with E-state index in [2.05, 4.69) is 10.3 Å². The fourth-order valence-electron chi connectivity index (χ4n) is 3.99. The van der Waals surface area contributed by atoms with Gasteiger partial charge in [0.2, 0.25) is 9.84 Å². The largest absolute Gasteiger partial charge is 0.494 e. The molecule has 1 aromatic heterocycles. The van der Waals surface area contributed by atoms with Crippen molar-refractivity contribution in [3.8, 4) is 17.0 Å². The van der Waals surface area contributed by atoms with E-state index >= 15 is 0 Å². The summed E-state index contributed by atoms with van der Waals surface area (Å²) in [5, 5.41) is 3.14. The zero-order chi connectivity index (χ0) is 24.7. The smallest absolute Gasteiger partial charge is 0.257 e. The number of aryl methyl sites for hydroxylation is 1. The lowest BCUT2D eigenvalue weighted by molar-refractivity contribution is 0.101. The van der Waals surface area contributed by atoms with Gasteiger partial charge in [0.1, 0.15) is 5.75 Å². The molecular weight excluding hydrogens is 484 g/mol. The molecule has 0 radical (unpaired) electrons. The van der Waals surface area contributed by atoms with Gasteiger partial charge in [-0.1, -0.05) is 12.1 Å². The number of aromatic nitrogens is 1. The molecule has 1 aliphatic rings. The van der Waals surface area contributed by atoms with Crippen LogP contribution in [0.4, 0.5) is 5.13 Å². The van der Waals surface area contributed by atoms with Gasteiger partial charge in [0, 0.05) is 27.1 Å². The first-order valence-electron chi connectivity index (χ1n) is 10.8. The predicted molar refractivity (Wildman–Crippen MR) is 133 cm³/mol. The minimum atomic E-state index is -3.93. The molecule has 0 aliphatic carbocycles. The van der Waals surface area contributed by atoms with Gasteiger partial charge in [-0.05, 0) is 68.4 Å². The molecule has 0 saturated heterocycles. The molecule has 7 nitrogen and oxygen atoms in total. The maximum absolute atomic E-state index is 13.1. The molecule has 0 bridgehead atoms. The average molecular weight is 505 g/mol. The second kappa shape index (κ2) is 8.75. The van der Waals surface area contributed by atoms with Gasteiger partial charge in [-0.2, -0.15) is 0 Å². The third-order valence-corrected chi connectivity index (χ3v) is 8.39. The first kappa shape index (κ1) is 22.9. The zero-order valence-corrected chi connectivity index (χ0v) is 20.5. The van der Waals surface area contributed by atoms with Gasteiger partial charge in [0.05, 0.1) is 22.1 Å². The number of ketones is 1. The van der Waals surface area contributed by atoms with Gasteiger partial charge in [-0.25, -0.2) is 13.4 Å². The van der Waals surface area contributed by atoms with Crippen LogP contribution in [0.1, 0.15) is 38.1 Å². The summed E-state index contributed by atoms with van der Waals surface area (Å²) in [5.74, 6) is -0.129. The Labute approximate surface area is 206 Å². The fourth-order valence-corrected chi connectivity index (χ4v) is 6.50. The van der Waals surface area contributed by atoms with Crippen LogP contribution in [-0.4, -0.2) is 31.7 Å². The minimum Gasteiger partial charge on any atom is -0.494 e. The molecule has 176 valence electrons.